The van der Waals surface area contributed by atoms with Gasteiger partial charge in [-0.05, 0) is 55.3 Å². The molecule has 0 bridgehead atoms. The van der Waals surface area contributed by atoms with Gasteiger partial charge in [0.25, 0.3) is 0 Å². The number of amides is 1. The Hall–Kier alpha value is -0.740. The fourth-order valence-corrected chi connectivity index (χ4v) is 2.09. The van der Waals surface area contributed by atoms with E-state index in [0.29, 0.717) is 18.1 Å². The predicted octanol–water partition coefficient (Wildman–Crippen LogP) is 4.86. The zero-order valence-corrected chi connectivity index (χ0v) is 14.0. The fourth-order valence-electron chi connectivity index (χ4n) is 1.51. The van der Waals surface area contributed by atoms with Crippen molar-refractivity contribution in [3.8, 4) is 0 Å². The van der Waals surface area contributed by atoms with E-state index in [2.05, 4.69) is 15.9 Å². The van der Waals surface area contributed by atoms with E-state index < -0.39 is 5.60 Å². The number of nitrogens with zero attached hydrogens (tertiary/aromatic N) is 1. The Morgan fingerprint density at radius 3 is 2.58 bits per heavy atom. The van der Waals surface area contributed by atoms with Crippen molar-refractivity contribution in [1.29, 1.82) is 0 Å². The lowest BCUT2D eigenvalue weighted by Crippen LogP contribution is -2.36. The number of hydrogen-bond donors (Lipinski definition) is 0. The van der Waals surface area contributed by atoms with Crippen molar-refractivity contribution in [2.75, 3.05) is 6.54 Å². The number of ether oxygens (including phenoxy) is 1. The van der Waals surface area contributed by atoms with Crippen LogP contribution >= 0.6 is 27.5 Å². The Morgan fingerprint density at radius 2 is 2.05 bits per heavy atom. The third-order valence-corrected chi connectivity index (χ3v) is 3.91. The number of rotatable bonds is 3. The first-order valence-corrected chi connectivity index (χ1v) is 7.32. The van der Waals surface area contributed by atoms with Crippen LogP contribution in [0.3, 0.4) is 0 Å². The van der Waals surface area contributed by atoms with Crippen molar-refractivity contribution in [3.05, 3.63) is 33.3 Å². The standard InChI is InChI=1S/C14H19BrClNO2/c1-5-17(13(18)19-14(2,3)4)9-10-7-6-8-11(16)12(10)15/h6-8H,5,9H2,1-4H3. The van der Waals surface area contributed by atoms with E-state index in [1.165, 1.54) is 0 Å². The van der Waals surface area contributed by atoms with Gasteiger partial charge in [0.1, 0.15) is 5.60 Å². The van der Waals surface area contributed by atoms with Crippen LogP contribution in [0.5, 0.6) is 0 Å². The molecule has 0 saturated heterocycles. The molecule has 0 radical (unpaired) electrons. The second-order valence-electron chi connectivity index (χ2n) is 5.21. The molecule has 0 aliphatic heterocycles. The van der Waals surface area contributed by atoms with Gasteiger partial charge in [0, 0.05) is 11.0 Å². The van der Waals surface area contributed by atoms with Gasteiger partial charge >= 0.3 is 6.09 Å². The summed E-state index contributed by atoms with van der Waals surface area (Å²) in [4.78, 5) is 13.7. The summed E-state index contributed by atoms with van der Waals surface area (Å²) in [7, 11) is 0. The minimum absolute atomic E-state index is 0.318. The Kier molecular flexibility index (Phi) is 5.68. The maximum absolute atomic E-state index is 12.0. The molecule has 5 heteroatoms. The smallest absolute Gasteiger partial charge is 0.410 e. The van der Waals surface area contributed by atoms with E-state index in [4.69, 9.17) is 16.3 Å². The molecular weight excluding hydrogens is 330 g/mol. The summed E-state index contributed by atoms with van der Waals surface area (Å²) in [6.45, 7) is 8.53. The SMILES string of the molecule is CCN(Cc1cccc(Cl)c1Br)C(=O)OC(C)(C)C. The van der Waals surface area contributed by atoms with Crippen molar-refractivity contribution in [3.63, 3.8) is 0 Å². The average Bonchev–Trinajstić information content (AvgIpc) is 2.28. The minimum Gasteiger partial charge on any atom is -0.444 e. The van der Waals surface area contributed by atoms with Crippen LogP contribution < -0.4 is 0 Å². The second-order valence-corrected chi connectivity index (χ2v) is 6.41. The molecule has 1 aromatic carbocycles. The first kappa shape index (κ1) is 16.3. The average molecular weight is 349 g/mol. The highest BCUT2D eigenvalue weighted by Gasteiger charge is 2.21. The molecular formula is C14H19BrClNO2. The molecule has 0 aromatic heterocycles. The molecule has 1 aromatic rings. The van der Waals surface area contributed by atoms with Crippen LogP contribution in [-0.4, -0.2) is 23.1 Å². The van der Waals surface area contributed by atoms with E-state index >= 15 is 0 Å². The summed E-state index contributed by atoms with van der Waals surface area (Å²) in [6, 6.07) is 5.60. The molecule has 0 fully saturated rings. The van der Waals surface area contributed by atoms with Gasteiger partial charge in [-0.15, -0.1) is 0 Å². The van der Waals surface area contributed by atoms with Crippen LogP contribution in [0.25, 0.3) is 0 Å². The number of halogens is 2. The molecule has 0 spiro atoms. The molecule has 3 nitrogen and oxygen atoms in total. The van der Waals surface area contributed by atoms with Crippen LogP contribution in [0.15, 0.2) is 22.7 Å². The van der Waals surface area contributed by atoms with Crippen LogP contribution in [0.1, 0.15) is 33.3 Å². The van der Waals surface area contributed by atoms with Gasteiger partial charge < -0.3 is 9.64 Å². The van der Waals surface area contributed by atoms with Crippen LogP contribution in [-0.2, 0) is 11.3 Å². The quantitative estimate of drug-likeness (QED) is 0.780. The lowest BCUT2D eigenvalue weighted by molar-refractivity contribution is 0.0244. The molecule has 1 amide bonds. The third kappa shape index (κ3) is 5.03. The van der Waals surface area contributed by atoms with Crippen LogP contribution in [0.4, 0.5) is 4.79 Å². The summed E-state index contributed by atoms with van der Waals surface area (Å²) in [5.41, 5.74) is 0.469. The van der Waals surface area contributed by atoms with E-state index in [1.807, 2.05) is 39.8 Å². The number of benzene rings is 1. The highest BCUT2D eigenvalue weighted by molar-refractivity contribution is 9.10. The van der Waals surface area contributed by atoms with Gasteiger partial charge in [-0.3, -0.25) is 0 Å². The topological polar surface area (TPSA) is 29.5 Å². The monoisotopic (exact) mass is 347 g/mol. The molecule has 1 rings (SSSR count). The highest BCUT2D eigenvalue weighted by Crippen LogP contribution is 2.27. The Labute approximate surface area is 128 Å². The Bertz CT molecular complexity index is 457. The fraction of sp³-hybridized carbons (Fsp3) is 0.500. The maximum atomic E-state index is 12.0. The van der Waals surface area contributed by atoms with E-state index in [0.717, 1.165) is 10.0 Å². The van der Waals surface area contributed by atoms with Gasteiger partial charge in [-0.2, -0.15) is 0 Å². The number of carbonyl (C=O) groups is 1. The van der Waals surface area contributed by atoms with E-state index in [9.17, 15) is 4.79 Å². The first-order chi connectivity index (χ1) is 8.74. The molecule has 0 heterocycles. The number of carbonyl (C=O) groups excluding carboxylic acids is 1. The lowest BCUT2D eigenvalue weighted by Gasteiger charge is -2.27. The highest BCUT2D eigenvalue weighted by atomic mass is 79.9. The van der Waals surface area contributed by atoms with Gasteiger partial charge in [-0.25, -0.2) is 4.79 Å². The van der Waals surface area contributed by atoms with Gasteiger partial charge in [0.2, 0.25) is 0 Å². The van der Waals surface area contributed by atoms with Crippen molar-refractivity contribution < 1.29 is 9.53 Å². The molecule has 0 aliphatic rings. The lowest BCUT2D eigenvalue weighted by atomic mass is 10.2. The maximum Gasteiger partial charge on any atom is 0.410 e. The first-order valence-electron chi connectivity index (χ1n) is 6.15. The van der Waals surface area contributed by atoms with Gasteiger partial charge in [0.05, 0.1) is 11.6 Å². The van der Waals surface area contributed by atoms with E-state index in [1.54, 1.807) is 11.0 Å². The van der Waals surface area contributed by atoms with Crippen molar-refractivity contribution in [1.82, 2.24) is 4.90 Å². The summed E-state index contributed by atoms with van der Waals surface area (Å²) >= 11 is 9.48. The van der Waals surface area contributed by atoms with Gasteiger partial charge in [0.15, 0.2) is 0 Å². The molecule has 0 atom stereocenters. The van der Waals surface area contributed by atoms with E-state index in [-0.39, 0.29) is 6.09 Å². The zero-order valence-electron chi connectivity index (χ0n) is 11.7. The van der Waals surface area contributed by atoms with Crippen molar-refractivity contribution >= 4 is 33.6 Å². The molecule has 106 valence electrons. The molecule has 19 heavy (non-hydrogen) atoms. The van der Waals surface area contributed by atoms with Crippen molar-refractivity contribution in [2.24, 2.45) is 0 Å². The summed E-state index contributed by atoms with van der Waals surface area (Å²) in [6.07, 6.45) is -0.318. The zero-order chi connectivity index (χ0) is 14.6. The largest absolute Gasteiger partial charge is 0.444 e. The normalized spacial score (nSPS) is 11.3. The predicted molar refractivity (Wildman–Crippen MR) is 81.5 cm³/mol. The Morgan fingerprint density at radius 1 is 1.42 bits per heavy atom. The summed E-state index contributed by atoms with van der Waals surface area (Å²) in [5.74, 6) is 0. The summed E-state index contributed by atoms with van der Waals surface area (Å²) < 4.78 is 6.19. The molecule has 0 unspecified atom stereocenters. The molecule has 0 N–H and O–H groups in total. The van der Waals surface area contributed by atoms with Crippen LogP contribution in [0, 0.1) is 0 Å². The number of hydrogen-bond acceptors (Lipinski definition) is 2. The summed E-state index contributed by atoms with van der Waals surface area (Å²) in [5, 5.41) is 0.637. The Balaban J connectivity index is 2.82. The van der Waals surface area contributed by atoms with Gasteiger partial charge in [-0.1, -0.05) is 23.7 Å². The molecule has 0 saturated carbocycles. The van der Waals surface area contributed by atoms with Crippen molar-refractivity contribution in [2.45, 2.75) is 39.8 Å². The third-order valence-electron chi connectivity index (χ3n) is 2.43. The minimum atomic E-state index is -0.490. The molecule has 0 aliphatic carbocycles. The van der Waals surface area contributed by atoms with Crippen LogP contribution in [0.2, 0.25) is 5.02 Å². The second kappa shape index (κ2) is 6.62.